The maximum atomic E-state index is 12.2. The van der Waals surface area contributed by atoms with Gasteiger partial charge in [-0.3, -0.25) is 4.79 Å². The first kappa shape index (κ1) is 19.9. The second-order valence-corrected chi connectivity index (χ2v) is 6.50. The van der Waals surface area contributed by atoms with Crippen LogP contribution in [0.4, 0.5) is 0 Å². The van der Waals surface area contributed by atoms with Gasteiger partial charge in [0.2, 0.25) is 0 Å². The number of carbonyl (C=O) groups excluding carboxylic acids is 1. The first-order chi connectivity index (χ1) is 12.6. The third-order valence-electron chi connectivity index (χ3n) is 4.32. The quantitative estimate of drug-likeness (QED) is 0.641. The third kappa shape index (κ3) is 6.15. The second kappa shape index (κ2) is 10.6. The fourth-order valence-electron chi connectivity index (χ4n) is 2.92. The number of nitrogens with two attached hydrogens (primary N) is 1. The van der Waals surface area contributed by atoms with E-state index in [1.165, 1.54) is 5.56 Å². The van der Waals surface area contributed by atoms with Crippen LogP contribution in [0.2, 0.25) is 0 Å². The number of amides is 1. The summed E-state index contributed by atoms with van der Waals surface area (Å²) in [7, 11) is 0. The minimum atomic E-state index is -0.556. The molecule has 0 unspecified atom stereocenters. The molecule has 0 bridgehead atoms. The normalized spacial score (nSPS) is 10.7. The number of rotatable bonds is 10. The van der Waals surface area contributed by atoms with E-state index in [1.54, 1.807) is 13.0 Å². The van der Waals surface area contributed by atoms with Gasteiger partial charge in [0.25, 0.3) is 5.91 Å². The standard InChI is InChI=1S/C21H28N2O3/c1-16-15-18(12-8-11-17-9-4-2-5-10-17)26-21(25)19(16)20(24)23-14-7-3-6-13-22/h2,4-5,9-10,15H,3,6-8,11-14,22H2,1H3,(H,23,24). The second-order valence-electron chi connectivity index (χ2n) is 6.50. The van der Waals surface area contributed by atoms with Crippen molar-refractivity contribution in [2.75, 3.05) is 13.1 Å². The summed E-state index contributed by atoms with van der Waals surface area (Å²) in [5.41, 5.74) is 6.92. The topological polar surface area (TPSA) is 85.3 Å². The average Bonchev–Trinajstić information content (AvgIpc) is 2.62. The van der Waals surface area contributed by atoms with Crippen molar-refractivity contribution < 1.29 is 9.21 Å². The predicted octanol–water partition coefficient (Wildman–Crippen LogP) is 2.98. The number of nitrogens with one attached hydrogen (secondary N) is 1. The molecule has 0 aliphatic carbocycles. The van der Waals surface area contributed by atoms with Crippen molar-refractivity contribution in [2.24, 2.45) is 5.73 Å². The minimum Gasteiger partial charge on any atom is -0.427 e. The Hall–Kier alpha value is -2.40. The van der Waals surface area contributed by atoms with E-state index in [0.29, 0.717) is 30.8 Å². The van der Waals surface area contributed by atoms with Gasteiger partial charge in [0.15, 0.2) is 0 Å². The number of hydrogen-bond donors (Lipinski definition) is 2. The summed E-state index contributed by atoms with van der Waals surface area (Å²) in [6.45, 7) is 2.97. The highest BCUT2D eigenvalue weighted by Crippen LogP contribution is 2.11. The lowest BCUT2D eigenvalue weighted by Crippen LogP contribution is -2.30. The van der Waals surface area contributed by atoms with Crippen LogP contribution in [0.5, 0.6) is 0 Å². The van der Waals surface area contributed by atoms with Crippen molar-refractivity contribution in [2.45, 2.75) is 45.4 Å². The molecule has 2 aromatic rings. The lowest BCUT2D eigenvalue weighted by atomic mass is 10.1. The number of hydrogen-bond acceptors (Lipinski definition) is 4. The first-order valence-electron chi connectivity index (χ1n) is 9.27. The lowest BCUT2D eigenvalue weighted by molar-refractivity contribution is 0.0948. The van der Waals surface area contributed by atoms with Crippen molar-refractivity contribution in [1.82, 2.24) is 5.32 Å². The molecule has 0 aliphatic rings. The zero-order valence-corrected chi connectivity index (χ0v) is 15.4. The van der Waals surface area contributed by atoms with Gasteiger partial charge in [0.05, 0.1) is 0 Å². The molecule has 1 heterocycles. The van der Waals surface area contributed by atoms with Crippen molar-refractivity contribution in [3.63, 3.8) is 0 Å². The van der Waals surface area contributed by atoms with Crippen LogP contribution in [-0.4, -0.2) is 19.0 Å². The van der Waals surface area contributed by atoms with Gasteiger partial charge in [-0.15, -0.1) is 0 Å². The Bertz CT molecular complexity index is 754. The fraction of sp³-hybridized carbons (Fsp3) is 0.429. The Morgan fingerprint density at radius 1 is 1.08 bits per heavy atom. The van der Waals surface area contributed by atoms with Crippen molar-refractivity contribution in [1.29, 1.82) is 0 Å². The van der Waals surface area contributed by atoms with Crippen molar-refractivity contribution in [3.8, 4) is 0 Å². The summed E-state index contributed by atoms with van der Waals surface area (Å²) < 4.78 is 5.36. The monoisotopic (exact) mass is 356 g/mol. The van der Waals surface area contributed by atoms with E-state index in [9.17, 15) is 9.59 Å². The van der Waals surface area contributed by atoms with Crippen LogP contribution in [0.15, 0.2) is 45.6 Å². The summed E-state index contributed by atoms with van der Waals surface area (Å²) >= 11 is 0. The van der Waals surface area contributed by atoms with Crippen LogP contribution >= 0.6 is 0 Å². The molecule has 0 spiro atoms. The number of carbonyl (C=O) groups is 1. The van der Waals surface area contributed by atoms with Crippen LogP contribution in [0.1, 0.15) is 52.9 Å². The number of unbranched alkanes of at least 4 members (excludes halogenated alkanes) is 2. The van der Waals surface area contributed by atoms with Gasteiger partial charge in [-0.1, -0.05) is 36.8 Å². The molecule has 140 valence electrons. The van der Waals surface area contributed by atoms with Crippen molar-refractivity contribution >= 4 is 5.91 Å². The highest BCUT2D eigenvalue weighted by molar-refractivity contribution is 5.95. The van der Waals surface area contributed by atoms with Gasteiger partial charge in [-0.05, 0) is 56.3 Å². The molecule has 0 atom stereocenters. The summed E-state index contributed by atoms with van der Waals surface area (Å²) in [5.74, 6) is 0.266. The molecule has 0 saturated carbocycles. The fourth-order valence-corrected chi connectivity index (χ4v) is 2.92. The van der Waals surface area contributed by atoms with E-state index in [2.05, 4.69) is 17.4 Å². The van der Waals surface area contributed by atoms with E-state index in [0.717, 1.165) is 32.1 Å². The molecule has 0 saturated heterocycles. The molecule has 1 aromatic heterocycles. The summed E-state index contributed by atoms with van der Waals surface area (Å²) in [5, 5.41) is 2.78. The van der Waals surface area contributed by atoms with Gasteiger partial charge in [-0.2, -0.15) is 0 Å². The molecule has 5 nitrogen and oxygen atoms in total. The highest BCUT2D eigenvalue weighted by atomic mass is 16.4. The molecule has 2 rings (SSSR count). The molecular formula is C21H28N2O3. The van der Waals surface area contributed by atoms with Gasteiger partial charge >= 0.3 is 5.63 Å². The Labute approximate surface area is 154 Å². The Morgan fingerprint density at radius 2 is 1.85 bits per heavy atom. The van der Waals surface area contributed by atoms with Crippen LogP contribution in [0.25, 0.3) is 0 Å². The lowest BCUT2D eigenvalue weighted by Gasteiger charge is -2.08. The Morgan fingerprint density at radius 3 is 2.54 bits per heavy atom. The Kier molecular flexibility index (Phi) is 8.09. The predicted molar refractivity (Wildman–Crippen MR) is 103 cm³/mol. The SMILES string of the molecule is Cc1cc(CCCc2ccccc2)oc(=O)c1C(=O)NCCCCCN. The molecular weight excluding hydrogens is 328 g/mol. The highest BCUT2D eigenvalue weighted by Gasteiger charge is 2.16. The van der Waals surface area contributed by atoms with Gasteiger partial charge in [-0.25, -0.2) is 4.79 Å². The first-order valence-corrected chi connectivity index (χ1v) is 9.27. The summed E-state index contributed by atoms with van der Waals surface area (Å²) in [6, 6.07) is 12.0. The molecule has 5 heteroatoms. The molecule has 0 aliphatic heterocycles. The van der Waals surface area contributed by atoms with Crippen LogP contribution in [0, 0.1) is 6.92 Å². The van der Waals surface area contributed by atoms with Crippen LogP contribution in [-0.2, 0) is 12.8 Å². The number of benzene rings is 1. The maximum Gasteiger partial charge on any atom is 0.349 e. The van der Waals surface area contributed by atoms with Crippen LogP contribution < -0.4 is 16.7 Å². The van der Waals surface area contributed by atoms with E-state index < -0.39 is 5.63 Å². The van der Waals surface area contributed by atoms with Gasteiger partial charge in [0.1, 0.15) is 11.3 Å². The zero-order chi connectivity index (χ0) is 18.8. The van der Waals surface area contributed by atoms with E-state index >= 15 is 0 Å². The number of aryl methyl sites for hydroxylation is 3. The largest absolute Gasteiger partial charge is 0.427 e. The average molecular weight is 356 g/mol. The summed E-state index contributed by atoms with van der Waals surface area (Å²) in [6.07, 6.45) is 5.24. The zero-order valence-electron chi connectivity index (χ0n) is 15.4. The molecule has 26 heavy (non-hydrogen) atoms. The molecule has 1 amide bonds. The van der Waals surface area contributed by atoms with E-state index in [-0.39, 0.29) is 11.5 Å². The van der Waals surface area contributed by atoms with Crippen molar-refractivity contribution in [3.05, 3.63) is 69.3 Å². The van der Waals surface area contributed by atoms with Gasteiger partial charge in [0, 0.05) is 13.0 Å². The molecule has 0 radical (unpaired) electrons. The minimum absolute atomic E-state index is 0.107. The maximum absolute atomic E-state index is 12.2. The van der Waals surface area contributed by atoms with E-state index in [4.69, 9.17) is 10.2 Å². The smallest absolute Gasteiger partial charge is 0.349 e. The molecule has 3 N–H and O–H groups in total. The Balaban J connectivity index is 1.90. The summed E-state index contributed by atoms with van der Waals surface area (Å²) in [4.78, 5) is 24.5. The molecule has 1 aromatic carbocycles. The third-order valence-corrected chi connectivity index (χ3v) is 4.32. The molecule has 0 fully saturated rings. The van der Waals surface area contributed by atoms with E-state index in [1.807, 2.05) is 18.2 Å². The van der Waals surface area contributed by atoms with Crippen LogP contribution in [0.3, 0.4) is 0 Å². The van der Waals surface area contributed by atoms with Gasteiger partial charge < -0.3 is 15.5 Å².